The Bertz CT molecular complexity index is 925. The predicted molar refractivity (Wildman–Crippen MR) is 103 cm³/mol. The second-order valence-electron chi connectivity index (χ2n) is 5.96. The molecule has 6 nitrogen and oxygen atoms in total. The smallest absolute Gasteiger partial charge is 0.255 e. The molecule has 138 valence electrons. The number of rotatable bonds is 4. The Balaban J connectivity index is 1.84. The summed E-state index contributed by atoms with van der Waals surface area (Å²) in [5, 5.41) is 2.83. The fourth-order valence-electron chi connectivity index (χ4n) is 2.66. The van der Waals surface area contributed by atoms with Crippen LogP contribution in [-0.2, 0) is 14.8 Å². The topological polar surface area (TPSA) is 75.7 Å². The molecular formula is C18H19BrN2O4S. The molecule has 1 aliphatic rings. The number of amides is 1. The van der Waals surface area contributed by atoms with Gasteiger partial charge in [-0.2, -0.15) is 4.31 Å². The van der Waals surface area contributed by atoms with Gasteiger partial charge in [0.25, 0.3) is 5.91 Å². The molecule has 2 aromatic rings. The molecule has 0 radical (unpaired) electrons. The van der Waals surface area contributed by atoms with E-state index in [0.717, 1.165) is 10.0 Å². The summed E-state index contributed by atoms with van der Waals surface area (Å²) < 4.78 is 32.9. The number of ether oxygens (including phenoxy) is 1. The number of nitrogens with one attached hydrogen (secondary N) is 1. The fourth-order valence-corrected chi connectivity index (χ4v) is 4.47. The molecule has 0 saturated carbocycles. The second kappa shape index (κ2) is 7.87. The molecule has 0 bridgehead atoms. The van der Waals surface area contributed by atoms with Crippen LogP contribution in [0.4, 0.5) is 5.69 Å². The van der Waals surface area contributed by atoms with E-state index >= 15 is 0 Å². The highest BCUT2D eigenvalue weighted by Gasteiger charge is 2.26. The number of carbonyl (C=O) groups is 1. The minimum absolute atomic E-state index is 0.109. The molecule has 1 heterocycles. The van der Waals surface area contributed by atoms with Crippen molar-refractivity contribution in [1.29, 1.82) is 0 Å². The van der Waals surface area contributed by atoms with Crippen LogP contribution in [-0.4, -0.2) is 44.9 Å². The maximum Gasteiger partial charge on any atom is 0.255 e. The molecule has 3 rings (SSSR count). The number of carbonyl (C=O) groups excluding carboxylic acids is 1. The molecule has 0 aliphatic carbocycles. The van der Waals surface area contributed by atoms with Crippen LogP contribution in [0.3, 0.4) is 0 Å². The van der Waals surface area contributed by atoms with Gasteiger partial charge in [-0.25, -0.2) is 8.42 Å². The van der Waals surface area contributed by atoms with Gasteiger partial charge in [0.2, 0.25) is 10.0 Å². The van der Waals surface area contributed by atoms with Crippen molar-refractivity contribution in [2.75, 3.05) is 31.6 Å². The van der Waals surface area contributed by atoms with Crippen molar-refractivity contribution in [2.45, 2.75) is 11.8 Å². The highest BCUT2D eigenvalue weighted by atomic mass is 79.9. The van der Waals surface area contributed by atoms with Gasteiger partial charge in [0.05, 0.1) is 18.1 Å². The first-order valence-electron chi connectivity index (χ1n) is 8.13. The Morgan fingerprint density at radius 3 is 2.62 bits per heavy atom. The lowest BCUT2D eigenvalue weighted by atomic mass is 10.1. The number of sulfonamides is 1. The van der Waals surface area contributed by atoms with E-state index < -0.39 is 10.0 Å². The highest BCUT2D eigenvalue weighted by Crippen LogP contribution is 2.22. The van der Waals surface area contributed by atoms with Crippen LogP contribution in [0.5, 0.6) is 0 Å². The Labute approximate surface area is 161 Å². The molecule has 0 spiro atoms. The summed E-state index contributed by atoms with van der Waals surface area (Å²) in [5.74, 6) is -0.356. The lowest BCUT2D eigenvalue weighted by molar-refractivity contribution is 0.0730. The summed E-state index contributed by atoms with van der Waals surface area (Å²) in [4.78, 5) is 12.7. The van der Waals surface area contributed by atoms with Gasteiger partial charge in [-0.05, 0) is 42.8 Å². The number of aryl methyl sites for hydroxylation is 1. The van der Waals surface area contributed by atoms with E-state index in [4.69, 9.17) is 4.74 Å². The molecule has 1 aliphatic heterocycles. The van der Waals surface area contributed by atoms with E-state index in [1.54, 1.807) is 12.1 Å². The fraction of sp³-hybridized carbons (Fsp3) is 0.278. The van der Waals surface area contributed by atoms with Crippen LogP contribution in [0.25, 0.3) is 0 Å². The van der Waals surface area contributed by atoms with Crippen molar-refractivity contribution in [3.63, 3.8) is 0 Å². The van der Waals surface area contributed by atoms with Crippen molar-refractivity contribution >= 4 is 37.5 Å². The molecule has 2 aromatic carbocycles. The molecule has 1 saturated heterocycles. The van der Waals surface area contributed by atoms with Crippen molar-refractivity contribution in [2.24, 2.45) is 0 Å². The van der Waals surface area contributed by atoms with E-state index in [9.17, 15) is 13.2 Å². The van der Waals surface area contributed by atoms with Crippen LogP contribution in [0, 0.1) is 6.92 Å². The first kappa shape index (κ1) is 19.0. The summed E-state index contributed by atoms with van der Waals surface area (Å²) in [6.07, 6.45) is 0. The van der Waals surface area contributed by atoms with Crippen LogP contribution in [0.15, 0.2) is 51.8 Å². The first-order chi connectivity index (χ1) is 12.4. The number of anilines is 1. The number of hydrogen-bond donors (Lipinski definition) is 1. The molecule has 1 amide bonds. The molecule has 0 unspecified atom stereocenters. The Hall–Kier alpha value is -1.74. The minimum atomic E-state index is -3.64. The van der Waals surface area contributed by atoms with Crippen LogP contribution in [0.2, 0.25) is 0 Å². The van der Waals surface area contributed by atoms with E-state index in [1.165, 1.54) is 16.4 Å². The number of halogens is 1. The van der Waals surface area contributed by atoms with Crippen LogP contribution < -0.4 is 5.32 Å². The highest BCUT2D eigenvalue weighted by molar-refractivity contribution is 9.10. The lowest BCUT2D eigenvalue weighted by Crippen LogP contribution is -2.40. The first-order valence-corrected chi connectivity index (χ1v) is 10.4. The standard InChI is InChI=1S/C18H19BrN2O4S/c1-13-5-6-15(19)12-17(13)20-18(22)14-3-2-4-16(11-14)26(23,24)21-7-9-25-10-8-21/h2-6,11-12H,7-10H2,1H3,(H,20,22). The molecular weight excluding hydrogens is 420 g/mol. The van der Waals surface area contributed by atoms with Crippen molar-refractivity contribution < 1.29 is 17.9 Å². The normalized spacial score (nSPS) is 15.6. The van der Waals surface area contributed by atoms with Gasteiger partial charge < -0.3 is 10.1 Å². The molecule has 1 fully saturated rings. The number of hydrogen-bond acceptors (Lipinski definition) is 4. The summed E-state index contributed by atoms with van der Waals surface area (Å²) in [7, 11) is -3.64. The average molecular weight is 439 g/mol. The zero-order chi connectivity index (χ0) is 18.7. The molecule has 0 aromatic heterocycles. The summed E-state index contributed by atoms with van der Waals surface area (Å²) in [6.45, 7) is 3.27. The van der Waals surface area contributed by atoms with Gasteiger partial charge in [0.1, 0.15) is 0 Å². The summed E-state index contributed by atoms with van der Waals surface area (Å²) in [6, 6.07) is 11.7. The SMILES string of the molecule is Cc1ccc(Br)cc1NC(=O)c1cccc(S(=O)(=O)N2CCOCC2)c1. The molecule has 1 N–H and O–H groups in total. The average Bonchev–Trinajstić information content (AvgIpc) is 2.65. The van der Waals surface area contributed by atoms with E-state index in [2.05, 4.69) is 21.2 Å². The van der Waals surface area contributed by atoms with E-state index in [0.29, 0.717) is 37.6 Å². The molecule has 8 heteroatoms. The summed E-state index contributed by atoms with van der Waals surface area (Å²) in [5.41, 5.74) is 1.88. The lowest BCUT2D eigenvalue weighted by Gasteiger charge is -2.26. The number of nitrogens with zero attached hydrogens (tertiary/aromatic N) is 1. The van der Waals surface area contributed by atoms with Crippen molar-refractivity contribution in [1.82, 2.24) is 4.31 Å². The van der Waals surface area contributed by atoms with Gasteiger partial charge >= 0.3 is 0 Å². The third-order valence-electron chi connectivity index (χ3n) is 4.15. The largest absolute Gasteiger partial charge is 0.379 e. The van der Waals surface area contributed by atoms with Crippen molar-refractivity contribution in [3.05, 3.63) is 58.1 Å². The maximum atomic E-state index is 12.8. The van der Waals surface area contributed by atoms with Crippen LogP contribution >= 0.6 is 15.9 Å². The Morgan fingerprint density at radius 2 is 1.88 bits per heavy atom. The van der Waals surface area contributed by atoms with Gasteiger partial charge in [-0.1, -0.05) is 28.1 Å². The predicted octanol–water partition coefficient (Wildman–Crippen LogP) is 3.03. The summed E-state index contributed by atoms with van der Waals surface area (Å²) >= 11 is 3.38. The van der Waals surface area contributed by atoms with Crippen molar-refractivity contribution in [3.8, 4) is 0 Å². The quantitative estimate of drug-likeness (QED) is 0.795. The van der Waals surface area contributed by atoms with Gasteiger partial charge in [0.15, 0.2) is 0 Å². The maximum absolute atomic E-state index is 12.8. The van der Waals surface area contributed by atoms with Gasteiger partial charge in [0, 0.05) is 28.8 Å². The zero-order valence-corrected chi connectivity index (χ0v) is 16.6. The molecule has 26 heavy (non-hydrogen) atoms. The Kier molecular flexibility index (Phi) is 5.76. The number of benzene rings is 2. The minimum Gasteiger partial charge on any atom is -0.379 e. The van der Waals surface area contributed by atoms with E-state index in [-0.39, 0.29) is 10.8 Å². The Morgan fingerprint density at radius 1 is 1.15 bits per heavy atom. The third-order valence-corrected chi connectivity index (χ3v) is 6.54. The number of morpholine rings is 1. The van der Waals surface area contributed by atoms with Crippen LogP contribution in [0.1, 0.15) is 15.9 Å². The third kappa shape index (κ3) is 4.15. The second-order valence-corrected chi connectivity index (χ2v) is 8.81. The monoisotopic (exact) mass is 438 g/mol. The van der Waals surface area contributed by atoms with Gasteiger partial charge in [-0.15, -0.1) is 0 Å². The molecule has 0 atom stereocenters. The zero-order valence-electron chi connectivity index (χ0n) is 14.2. The van der Waals surface area contributed by atoms with E-state index in [1.807, 2.05) is 25.1 Å². The van der Waals surface area contributed by atoms with Gasteiger partial charge in [-0.3, -0.25) is 4.79 Å².